The summed E-state index contributed by atoms with van der Waals surface area (Å²) in [6.45, 7) is 0. The highest BCUT2D eigenvalue weighted by Crippen LogP contribution is 2.45. The minimum atomic E-state index is 1.04. The summed E-state index contributed by atoms with van der Waals surface area (Å²) in [6, 6.07) is 104. The molecular weight excluding hydrogens is 849 g/mol. The van der Waals surface area contributed by atoms with Crippen molar-refractivity contribution in [2.75, 3.05) is 19.6 Å². The van der Waals surface area contributed by atoms with Crippen LogP contribution in [-0.4, -0.2) is 0 Å². The molecule has 0 aliphatic carbocycles. The van der Waals surface area contributed by atoms with E-state index >= 15 is 0 Å². The Kier molecular flexibility index (Phi) is 11.2. The molecule has 0 aromatic heterocycles. The second-order valence-corrected chi connectivity index (χ2v) is 17.4. The zero-order chi connectivity index (χ0) is 46.6. The Labute approximate surface area is 409 Å². The maximum Gasteiger partial charge on any atom is 0.0540 e. The molecule has 0 heterocycles. The third-order valence-corrected chi connectivity index (χ3v) is 13.2. The summed E-state index contributed by atoms with van der Waals surface area (Å²) < 4.78 is 0. The van der Waals surface area contributed by atoms with Crippen LogP contribution in [0.3, 0.4) is 0 Å². The molecule has 4 heteroatoms. The average molecular weight is 897 g/mol. The lowest BCUT2D eigenvalue weighted by molar-refractivity contribution is 1.24. The Morgan fingerprint density at radius 1 is 0.143 bits per heavy atom. The Balaban J connectivity index is 0.984. The molecule has 12 aromatic rings. The molecule has 12 aromatic carbocycles. The van der Waals surface area contributed by atoms with Crippen LogP contribution in [0.15, 0.2) is 291 Å². The molecule has 70 heavy (non-hydrogen) atoms. The molecule has 0 atom stereocenters. The number of nitrogens with zero attached hydrogens (tertiary/aromatic N) is 4. The number of rotatable bonds is 12. The fourth-order valence-corrected chi connectivity index (χ4v) is 9.92. The second-order valence-electron chi connectivity index (χ2n) is 17.4. The molecule has 0 saturated heterocycles. The van der Waals surface area contributed by atoms with Crippen molar-refractivity contribution in [1.29, 1.82) is 0 Å². The summed E-state index contributed by atoms with van der Waals surface area (Å²) in [6.07, 6.45) is 0. The molecule has 0 bridgehead atoms. The van der Waals surface area contributed by atoms with Gasteiger partial charge in [-0.1, -0.05) is 164 Å². The van der Waals surface area contributed by atoms with Crippen molar-refractivity contribution in [1.82, 2.24) is 0 Å². The van der Waals surface area contributed by atoms with Crippen LogP contribution in [0.25, 0.3) is 32.3 Å². The van der Waals surface area contributed by atoms with Crippen molar-refractivity contribution in [3.05, 3.63) is 291 Å². The van der Waals surface area contributed by atoms with E-state index in [4.69, 9.17) is 0 Å². The first-order chi connectivity index (χ1) is 34.7. The number of hydrogen-bond acceptors (Lipinski definition) is 4. The van der Waals surface area contributed by atoms with Crippen molar-refractivity contribution in [3.63, 3.8) is 0 Å². The molecule has 332 valence electrons. The van der Waals surface area contributed by atoms with Gasteiger partial charge in [-0.25, -0.2) is 0 Å². The minimum Gasteiger partial charge on any atom is -0.310 e. The summed E-state index contributed by atoms with van der Waals surface area (Å²) >= 11 is 0. The lowest BCUT2D eigenvalue weighted by Gasteiger charge is -2.31. The Morgan fingerprint density at radius 2 is 0.343 bits per heavy atom. The lowest BCUT2D eigenvalue weighted by atomic mass is 10.1. The Bertz CT molecular complexity index is 3300. The number of para-hydroxylation sites is 3. The van der Waals surface area contributed by atoms with E-state index in [0.29, 0.717) is 0 Å². The number of fused-ring (bicyclic) bond motifs is 3. The molecule has 0 N–H and O–H groups in total. The molecule has 0 amide bonds. The molecule has 0 unspecified atom stereocenters. The van der Waals surface area contributed by atoms with Gasteiger partial charge in [0.05, 0.1) is 17.1 Å². The van der Waals surface area contributed by atoms with E-state index in [1.165, 1.54) is 32.3 Å². The number of anilines is 12. The molecule has 0 spiro atoms. The van der Waals surface area contributed by atoms with Crippen molar-refractivity contribution < 1.29 is 0 Å². The third kappa shape index (κ3) is 8.04. The predicted molar refractivity (Wildman–Crippen MR) is 298 cm³/mol. The smallest absolute Gasteiger partial charge is 0.0540 e. The number of hydrogen-bond donors (Lipinski definition) is 0. The fourth-order valence-electron chi connectivity index (χ4n) is 9.92. The van der Waals surface area contributed by atoms with E-state index in [1.54, 1.807) is 0 Å². The standard InChI is InChI=1S/C66H48N4/c1-4-25-52(26-5-1)68(64-34-16-22-49-19-10-13-31-61(49)64)58-43-37-55(38-44-58)67(56-39-45-59(46-40-56)69(53-27-6-2-7-28-53)65-35-17-23-50-20-11-14-32-62(50)65)57-41-47-60(48-42-57)70(54-29-8-3-9-30-54)66-36-18-24-51-21-12-15-33-63(51)66/h1-48H. The summed E-state index contributed by atoms with van der Waals surface area (Å²) in [7, 11) is 0. The highest BCUT2D eigenvalue weighted by atomic mass is 15.2. The highest BCUT2D eigenvalue weighted by Gasteiger charge is 2.21. The Morgan fingerprint density at radius 3 is 0.614 bits per heavy atom. The highest BCUT2D eigenvalue weighted by molar-refractivity contribution is 6.01. The fraction of sp³-hybridized carbons (Fsp3) is 0. The molecule has 0 aliphatic rings. The first-order valence-electron chi connectivity index (χ1n) is 23.8. The lowest BCUT2D eigenvalue weighted by Crippen LogP contribution is -2.14. The van der Waals surface area contributed by atoms with Crippen LogP contribution in [0.2, 0.25) is 0 Å². The molecule has 12 rings (SSSR count). The van der Waals surface area contributed by atoms with Gasteiger partial charge in [0, 0.05) is 67.3 Å². The zero-order valence-corrected chi connectivity index (χ0v) is 38.5. The second kappa shape index (κ2) is 18.7. The van der Waals surface area contributed by atoms with Gasteiger partial charge < -0.3 is 19.6 Å². The summed E-state index contributed by atoms with van der Waals surface area (Å²) in [5, 5.41) is 7.19. The summed E-state index contributed by atoms with van der Waals surface area (Å²) in [4.78, 5) is 9.43. The Hall–Kier alpha value is -9.38. The van der Waals surface area contributed by atoms with Crippen molar-refractivity contribution >= 4 is 101 Å². The zero-order valence-electron chi connectivity index (χ0n) is 38.5. The van der Waals surface area contributed by atoms with Crippen LogP contribution >= 0.6 is 0 Å². The normalized spacial score (nSPS) is 11.1. The topological polar surface area (TPSA) is 13.0 Å². The molecule has 0 aliphatic heterocycles. The van der Waals surface area contributed by atoms with Crippen molar-refractivity contribution in [2.45, 2.75) is 0 Å². The van der Waals surface area contributed by atoms with E-state index in [1.807, 2.05) is 0 Å². The van der Waals surface area contributed by atoms with Gasteiger partial charge in [0.1, 0.15) is 0 Å². The van der Waals surface area contributed by atoms with Gasteiger partial charge in [0.15, 0.2) is 0 Å². The quantitative estimate of drug-likeness (QED) is 0.121. The largest absolute Gasteiger partial charge is 0.310 e. The van der Waals surface area contributed by atoms with Gasteiger partial charge in [-0.3, -0.25) is 0 Å². The van der Waals surface area contributed by atoms with Gasteiger partial charge in [-0.15, -0.1) is 0 Å². The molecule has 0 radical (unpaired) electrons. The molecule has 4 nitrogen and oxygen atoms in total. The molecule has 0 saturated carbocycles. The molecular formula is C66H48N4. The van der Waals surface area contributed by atoms with Crippen LogP contribution < -0.4 is 19.6 Å². The van der Waals surface area contributed by atoms with Crippen LogP contribution in [0, 0.1) is 0 Å². The SMILES string of the molecule is c1ccc(N(c2ccc(N(c3ccc(N(c4ccccc4)c4cccc5ccccc45)cc3)c3ccc(N(c4ccccc4)c4cccc5ccccc45)cc3)cc2)c2cccc3ccccc23)cc1. The summed E-state index contributed by atoms with van der Waals surface area (Å²) in [5.74, 6) is 0. The average Bonchev–Trinajstić information content (AvgIpc) is 3.43. The monoisotopic (exact) mass is 896 g/mol. The van der Waals surface area contributed by atoms with Crippen LogP contribution in [0.1, 0.15) is 0 Å². The van der Waals surface area contributed by atoms with Crippen molar-refractivity contribution in [2.24, 2.45) is 0 Å². The van der Waals surface area contributed by atoms with E-state index in [-0.39, 0.29) is 0 Å². The van der Waals surface area contributed by atoms with Gasteiger partial charge in [0.25, 0.3) is 0 Å². The van der Waals surface area contributed by atoms with Crippen LogP contribution in [0.4, 0.5) is 68.2 Å². The maximum atomic E-state index is 2.36. The van der Waals surface area contributed by atoms with Gasteiger partial charge in [0.2, 0.25) is 0 Å². The van der Waals surface area contributed by atoms with Crippen LogP contribution in [-0.2, 0) is 0 Å². The van der Waals surface area contributed by atoms with E-state index in [2.05, 4.69) is 311 Å². The minimum absolute atomic E-state index is 1.04. The molecule has 0 fully saturated rings. The predicted octanol–water partition coefficient (Wildman–Crippen LogP) is 19.0. The third-order valence-electron chi connectivity index (χ3n) is 13.2. The first-order valence-corrected chi connectivity index (χ1v) is 23.8. The maximum absolute atomic E-state index is 2.36. The van der Waals surface area contributed by atoms with Gasteiger partial charge in [-0.05, 0) is 144 Å². The van der Waals surface area contributed by atoms with Gasteiger partial charge in [-0.2, -0.15) is 0 Å². The van der Waals surface area contributed by atoms with Gasteiger partial charge >= 0.3 is 0 Å². The van der Waals surface area contributed by atoms with Crippen LogP contribution in [0.5, 0.6) is 0 Å². The van der Waals surface area contributed by atoms with Crippen molar-refractivity contribution in [3.8, 4) is 0 Å². The summed E-state index contributed by atoms with van der Waals surface area (Å²) in [5.41, 5.74) is 13.0. The first kappa shape index (κ1) is 42.0. The number of benzene rings is 12. The van der Waals surface area contributed by atoms with E-state index in [0.717, 1.165) is 68.2 Å². The van der Waals surface area contributed by atoms with E-state index < -0.39 is 0 Å². The van der Waals surface area contributed by atoms with E-state index in [9.17, 15) is 0 Å².